The molecule has 0 unspecified atom stereocenters. The number of para-hydroxylation sites is 1. The number of amides is 1. The van der Waals surface area contributed by atoms with Crippen molar-refractivity contribution in [3.05, 3.63) is 59.4 Å². The van der Waals surface area contributed by atoms with Crippen molar-refractivity contribution in [2.75, 3.05) is 5.32 Å². The van der Waals surface area contributed by atoms with Crippen LogP contribution in [0.5, 0.6) is 0 Å². The number of anilines is 1. The summed E-state index contributed by atoms with van der Waals surface area (Å²) >= 11 is 0. The van der Waals surface area contributed by atoms with Gasteiger partial charge in [0.1, 0.15) is 5.82 Å². The number of nitrogens with one attached hydrogen (secondary N) is 2. The lowest BCUT2D eigenvalue weighted by atomic mass is 9.87. The SMILES string of the molecule is CCc1ccccc1NC(=O)c1cc(S(=O)(=O)N[C@@H]2CCCC[C@@H]2C)ccc1F. The molecule has 1 aliphatic carbocycles. The van der Waals surface area contributed by atoms with Gasteiger partial charge in [-0.15, -0.1) is 0 Å². The molecule has 0 aromatic heterocycles. The van der Waals surface area contributed by atoms with Gasteiger partial charge in [-0.05, 0) is 55.0 Å². The van der Waals surface area contributed by atoms with E-state index < -0.39 is 21.7 Å². The Morgan fingerprint density at radius 3 is 2.59 bits per heavy atom. The fraction of sp³-hybridized carbons (Fsp3) is 0.409. The van der Waals surface area contributed by atoms with Crippen LogP contribution in [0, 0.1) is 11.7 Å². The van der Waals surface area contributed by atoms with Gasteiger partial charge in [0.05, 0.1) is 10.5 Å². The molecule has 0 spiro atoms. The van der Waals surface area contributed by atoms with Gasteiger partial charge >= 0.3 is 0 Å². The Hall–Kier alpha value is -2.25. The fourth-order valence-corrected chi connectivity index (χ4v) is 5.15. The van der Waals surface area contributed by atoms with Crippen molar-refractivity contribution in [2.24, 2.45) is 5.92 Å². The summed E-state index contributed by atoms with van der Waals surface area (Å²) in [5, 5.41) is 2.69. The van der Waals surface area contributed by atoms with Crippen molar-refractivity contribution in [1.82, 2.24) is 4.72 Å². The number of halogens is 1. The minimum Gasteiger partial charge on any atom is -0.322 e. The molecular weight excluding hydrogens is 391 g/mol. The standard InChI is InChI=1S/C22H27FN2O3S/c1-3-16-9-5-7-11-21(16)24-22(26)18-14-17(12-13-19(18)23)29(27,28)25-20-10-6-4-8-15(20)2/h5,7,9,11-15,20,25H,3-4,6,8,10H2,1-2H3,(H,24,26)/t15-,20+/m0/s1. The number of rotatable bonds is 6. The first-order valence-electron chi connectivity index (χ1n) is 10.0. The van der Waals surface area contributed by atoms with Crippen molar-refractivity contribution in [2.45, 2.75) is 56.9 Å². The normalized spacial score (nSPS) is 19.7. The Morgan fingerprint density at radius 2 is 1.86 bits per heavy atom. The van der Waals surface area contributed by atoms with Gasteiger partial charge in [0.15, 0.2) is 0 Å². The molecular formula is C22H27FN2O3S. The first kappa shape index (κ1) is 21.5. The molecule has 0 saturated heterocycles. The Balaban J connectivity index is 1.84. The number of benzene rings is 2. The summed E-state index contributed by atoms with van der Waals surface area (Å²) in [6.07, 6.45) is 4.53. The van der Waals surface area contributed by atoms with E-state index in [0.717, 1.165) is 43.4 Å². The van der Waals surface area contributed by atoms with Crippen LogP contribution < -0.4 is 10.0 Å². The molecule has 5 nitrogen and oxygen atoms in total. The van der Waals surface area contributed by atoms with Crippen LogP contribution in [0.4, 0.5) is 10.1 Å². The number of aryl methyl sites for hydroxylation is 1. The van der Waals surface area contributed by atoms with E-state index in [9.17, 15) is 17.6 Å². The van der Waals surface area contributed by atoms with Gasteiger partial charge in [0, 0.05) is 11.7 Å². The number of hydrogen-bond donors (Lipinski definition) is 2. The summed E-state index contributed by atoms with van der Waals surface area (Å²) in [5.41, 5.74) is 1.20. The van der Waals surface area contributed by atoms with Gasteiger partial charge in [0.25, 0.3) is 5.91 Å². The zero-order valence-corrected chi connectivity index (χ0v) is 17.6. The largest absolute Gasteiger partial charge is 0.322 e. The van der Waals surface area contributed by atoms with Gasteiger partial charge < -0.3 is 5.32 Å². The van der Waals surface area contributed by atoms with Crippen LogP contribution in [0.15, 0.2) is 47.4 Å². The summed E-state index contributed by atoms with van der Waals surface area (Å²) in [5.74, 6) is -1.19. The zero-order chi connectivity index (χ0) is 21.0. The third-order valence-electron chi connectivity index (χ3n) is 5.56. The van der Waals surface area contributed by atoms with Gasteiger partial charge in [-0.2, -0.15) is 0 Å². The van der Waals surface area contributed by atoms with Crippen molar-refractivity contribution >= 4 is 21.6 Å². The summed E-state index contributed by atoms with van der Waals surface area (Å²) < 4.78 is 42.7. The predicted molar refractivity (Wildman–Crippen MR) is 112 cm³/mol. The van der Waals surface area contributed by atoms with E-state index >= 15 is 0 Å². The zero-order valence-electron chi connectivity index (χ0n) is 16.7. The monoisotopic (exact) mass is 418 g/mol. The highest BCUT2D eigenvalue weighted by Crippen LogP contribution is 2.26. The molecule has 0 heterocycles. The third-order valence-corrected chi connectivity index (χ3v) is 7.04. The van der Waals surface area contributed by atoms with Crippen LogP contribution in [0.1, 0.15) is 55.5 Å². The molecule has 0 radical (unpaired) electrons. The average Bonchev–Trinajstić information content (AvgIpc) is 2.70. The second-order valence-electron chi connectivity index (χ2n) is 7.60. The average molecular weight is 419 g/mol. The maximum absolute atomic E-state index is 14.3. The molecule has 1 aliphatic rings. The van der Waals surface area contributed by atoms with Crippen LogP contribution in [-0.2, 0) is 16.4 Å². The molecule has 2 N–H and O–H groups in total. The minimum absolute atomic E-state index is 0.106. The molecule has 0 aliphatic heterocycles. The highest BCUT2D eigenvalue weighted by atomic mass is 32.2. The van der Waals surface area contributed by atoms with E-state index in [0.29, 0.717) is 12.1 Å². The van der Waals surface area contributed by atoms with Crippen molar-refractivity contribution < 1.29 is 17.6 Å². The van der Waals surface area contributed by atoms with Crippen molar-refractivity contribution in [1.29, 1.82) is 0 Å². The maximum atomic E-state index is 14.3. The summed E-state index contributed by atoms with van der Waals surface area (Å²) in [7, 11) is -3.85. The predicted octanol–water partition coefficient (Wildman–Crippen LogP) is 4.50. The molecule has 0 bridgehead atoms. The number of hydrogen-bond acceptors (Lipinski definition) is 3. The molecule has 1 amide bonds. The van der Waals surface area contributed by atoms with Gasteiger partial charge in [-0.1, -0.05) is 44.9 Å². The topological polar surface area (TPSA) is 75.3 Å². The Kier molecular flexibility index (Phi) is 6.70. The molecule has 156 valence electrons. The van der Waals surface area contributed by atoms with Crippen molar-refractivity contribution in [3.63, 3.8) is 0 Å². The van der Waals surface area contributed by atoms with Crippen LogP contribution >= 0.6 is 0 Å². The Labute approximate surface area is 171 Å². The van der Waals surface area contributed by atoms with Crippen molar-refractivity contribution in [3.8, 4) is 0 Å². The molecule has 1 fully saturated rings. The first-order valence-corrected chi connectivity index (χ1v) is 11.5. The second-order valence-corrected chi connectivity index (χ2v) is 9.31. The molecule has 2 aromatic rings. The van der Waals surface area contributed by atoms with Gasteiger partial charge in [0.2, 0.25) is 10.0 Å². The van der Waals surface area contributed by atoms with Crippen LogP contribution in [0.3, 0.4) is 0 Å². The van der Waals surface area contributed by atoms with E-state index in [4.69, 9.17) is 0 Å². The Morgan fingerprint density at radius 1 is 1.14 bits per heavy atom. The molecule has 29 heavy (non-hydrogen) atoms. The molecule has 7 heteroatoms. The first-order chi connectivity index (χ1) is 13.8. The molecule has 2 atom stereocenters. The lowest BCUT2D eigenvalue weighted by Gasteiger charge is -2.29. The van der Waals surface area contributed by atoms with Crippen LogP contribution in [-0.4, -0.2) is 20.4 Å². The molecule has 2 aromatic carbocycles. The highest BCUT2D eigenvalue weighted by Gasteiger charge is 2.27. The number of sulfonamides is 1. The van der Waals surface area contributed by atoms with Crippen LogP contribution in [0.25, 0.3) is 0 Å². The van der Waals surface area contributed by atoms with E-state index in [1.165, 1.54) is 6.07 Å². The second kappa shape index (κ2) is 9.05. The third kappa shape index (κ3) is 5.03. The Bertz CT molecular complexity index is 991. The summed E-state index contributed by atoms with van der Waals surface area (Å²) in [6.45, 7) is 3.98. The number of carbonyl (C=O) groups excluding carboxylic acids is 1. The smallest absolute Gasteiger partial charge is 0.258 e. The summed E-state index contributed by atoms with van der Waals surface area (Å²) in [6, 6.07) is 10.4. The van der Waals surface area contributed by atoms with E-state index in [1.807, 2.05) is 26.0 Å². The van der Waals surface area contributed by atoms with Gasteiger partial charge in [-0.3, -0.25) is 4.79 Å². The minimum atomic E-state index is -3.85. The molecule has 1 saturated carbocycles. The lowest BCUT2D eigenvalue weighted by molar-refractivity contribution is 0.102. The van der Waals surface area contributed by atoms with Crippen LogP contribution in [0.2, 0.25) is 0 Å². The summed E-state index contributed by atoms with van der Waals surface area (Å²) in [4.78, 5) is 12.6. The fourth-order valence-electron chi connectivity index (χ4n) is 3.74. The quantitative estimate of drug-likeness (QED) is 0.725. The van der Waals surface area contributed by atoms with E-state index in [-0.39, 0.29) is 22.4 Å². The lowest BCUT2D eigenvalue weighted by Crippen LogP contribution is -2.41. The highest BCUT2D eigenvalue weighted by molar-refractivity contribution is 7.89. The molecule has 3 rings (SSSR count). The van der Waals surface area contributed by atoms with E-state index in [1.54, 1.807) is 12.1 Å². The number of carbonyl (C=O) groups is 1. The van der Waals surface area contributed by atoms with Gasteiger partial charge in [-0.25, -0.2) is 17.5 Å². The maximum Gasteiger partial charge on any atom is 0.258 e. The van der Waals surface area contributed by atoms with E-state index in [2.05, 4.69) is 10.0 Å².